The van der Waals surface area contributed by atoms with Gasteiger partial charge in [0.2, 0.25) is 0 Å². The van der Waals surface area contributed by atoms with Gasteiger partial charge in [0.05, 0.1) is 0 Å². The van der Waals surface area contributed by atoms with E-state index in [9.17, 15) is 14.4 Å². The van der Waals surface area contributed by atoms with Crippen molar-refractivity contribution in [2.45, 2.75) is 33.6 Å². The highest BCUT2D eigenvalue weighted by atomic mass is 16.6. The summed E-state index contributed by atoms with van der Waals surface area (Å²) in [6.07, 6.45) is 3.35. The number of rotatable bonds is 5. The third-order valence-electron chi connectivity index (χ3n) is 1.66. The Morgan fingerprint density at radius 1 is 1.19 bits per heavy atom. The fourth-order valence-electron chi connectivity index (χ4n) is 0.818. The monoisotopic (exact) mass is 228 g/mol. The molecule has 0 aliphatic carbocycles. The first-order valence-electron chi connectivity index (χ1n) is 5.02. The van der Waals surface area contributed by atoms with E-state index in [1.54, 1.807) is 13.0 Å². The van der Waals surface area contributed by atoms with E-state index in [-0.39, 0.29) is 0 Å². The van der Waals surface area contributed by atoms with Crippen LogP contribution in [0.4, 0.5) is 0 Å². The third kappa shape index (κ3) is 6.75. The van der Waals surface area contributed by atoms with Gasteiger partial charge in [-0.05, 0) is 13.3 Å². The number of hydrogen-bond donors (Lipinski definition) is 0. The lowest BCUT2D eigenvalue weighted by Gasteiger charge is -2.03. The Hall–Kier alpha value is -1.65. The zero-order chi connectivity index (χ0) is 12.6. The summed E-state index contributed by atoms with van der Waals surface area (Å²) in [6.45, 7) is 4.17. The summed E-state index contributed by atoms with van der Waals surface area (Å²) in [5.74, 6) is -2.17. The van der Waals surface area contributed by atoms with E-state index in [4.69, 9.17) is 0 Å². The van der Waals surface area contributed by atoms with Crippen molar-refractivity contribution in [2.24, 2.45) is 0 Å². The maximum atomic E-state index is 11.3. The van der Waals surface area contributed by atoms with E-state index < -0.39 is 24.5 Å². The number of carbonyl (C=O) groups excluding carboxylic acids is 3. The predicted octanol–water partition coefficient (Wildman–Crippen LogP) is 1.37. The SMILES string of the molecule is CCCC=C(C)C(=O)OC(=O)COC(C)=O. The molecule has 0 aromatic heterocycles. The van der Waals surface area contributed by atoms with Crippen molar-refractivity contribution < 1.29 is 23.9 Å². The van der Waals surface area contributed by atoms with Crippen molar-refractivity contribution in [1.82, 2.24) is 0 Å². The minimum atomic E-state index is -0.871. The van der Waals surface area contributed by atoms with Gasteiger partial charge in [0.25, 0.3) is 0 Å². The third-order valence-corrected chi connectivity index (χ3v) is 1.66. The molecule has 16 heavy (non-hydrogen) atoms. The van der Waals surface area contributed by atoms with Gasteiger partial charge in [-0.2, -0.15) is 0 Å². The summed E-state index contributed by atoms with van der Waals surface area (Å²) in [4.78, 5) is 32.6. The predicted molar refractivity (Wildman–Crippen MR) is 56.4 cm³/mol. The molecule has 5 heteroatoms. The van der Waals surface area contributed by atoms with Crippen molar-refractivity contribution in [3.05, 3.63) is 11.6 Å². The van der Waals surface area contributed by atoms with Gasteiger partial charge in [-0.25, -0.2) is 9.59 Å². The van der Waals surface area contributed by atoms with E-state index in [1.807, 2.05) is 6.92 Å². The Bertz CT molecular complexity index is 303. The molecule has 0 aliphatic rings. The number of carbonyl (C=O) groups is 3. The lowest BCUT2D eigenvalue weighted by Crippen LogP contribution is -2.19. The van der Waals surface area contributed by atoms with Gasteiger partial charge in [0, 0.05) is 12.5 Å². The molecule has 0 saturated carbocycles. The van der Waals surface area contributed by atoms with E-state index in [0.717, 1.165) is 12.8 Å². The van der Waals surface area contributed by atoms with Crippen LogP contribution in [0.3, 0.4) is 0 Å². The molecule has 0 aromatic carbocycles. The van der Waals surface area contributed by atoms with Crippen molar-refractivity contribution in [1.29, 1.82) is 0 Å². The van der Waals surface area contributed by atoms with Gasteiger partial charge in [-0.3, -0.25) is 4.79 Å². The number of esters is 3. The van der Waals surface area contributed by atoms with E-state index in [1.165, 1.54) is 6.92 Å². The Labute approximate surface area is 94.4 Å². The summed E-state index contributed by atoms with van der Waals surface area (Å²) in [5, 5.41) is 0. The lowest BCUT2D eigenvalue weighted by molar-refractivity contribution is -0.164. The topological polar surface area (TPSA) is 69.7 Å². The van der Waals surface area contributed by atoms with Crippen LogP contribution in [0.25, 0.3) is 0 Å². The highest BCUT2D eigenvalue weighted by Crippen LogP contribution is 2.01. The standard InChI is InChI=1S/C11H16O5/c1-4-5-6-8(2)11(14)16-10(13)7-15-9(3)12/h6H,4-5,7H2,1-3H3. The summed E-state index contributed by atoms with van der Waals surface area (Å²) < 4.78 is 8.82. The molecule has 5 nitrogen and oxygen atoms in total. The Balaban J connectivity index is 4.04. The van der Waals surface area contributed by atoms with Gasteiger partial charge < -0.3 is 9.47 Å². The molecule has 0 heterocycles. The largest absolute Gasteiger partial charge is 0.454 e. The van der Waals surface area contributed by atoms with Gasteiger partial charge in [0.1, 0.15) is 0 Å². The molecular weight excluding hydrogens is 212 g/mol. The molecule has 90 valence electrons. The molecule has 0 amide bonds. The first kappa shape index (κ1) is 14.3. The summed E-state index contributed by atoms with van der Waals surface area (Å²) in [6, 6.07) is 0. The van der Waals surface area contributed by atoms with Gasteiger partial charge in [-0.1, -0.05) is 19.4 Å². The molecule has 0 saturated heterocycles. The summed E-state index contributed by atoms with van der Waals surface area (Å²) >= 11 is 0. The van der Waals surface area contributed by atoms with E-state index in [2.05, 4.69) is 9.47 Å². The van der Waals surface area contributed by atoms with Crippen LogP contribution in [-0.2, 0) is 23.9 Å². The van der Waals surface area contributed by atoms with Crippen molar-refractivity contribution >= 4 is 17.9 Å². The molecule has 0 atom stereocenters. The number of ether oxygens (including phenoxy) is 2. The Morgan fingerprint density at radius 3 is 2.31 bits per heavy atom. The average molecular weight is 228 g/mol. The maximum absolute atomic E-state index is 11.3. The van der Waals surface area contributed by atoms with Crippen LogP contribution in [0.15, 0.2) is 11.6 Å². The molecule has 0 aromatic rings. The normalized spacial score (nSPS) is 10.8. The quantitative estimate of drug-likeness (QED) is 0.403. The first-order chi connectivity index (χ1) is 7.47. The van der Waals surface area contributed by atoms with Gasteiger partial charge in [0.15, 0.2) is 6.61 Å². The Morgan fingerprint density at radius 2 is 1.81 bits per heavy atom. The number of unbranched alkanes of at least 4 members (excludes halogenated alkanes) is 1. The van der Waals surface area contributed by atoms with Crippen LogP contribution in [0.5, 0.6) is 0 Å². The van der Waals surface area contributed by atoms with Crippen molar-refractivity contribution in [2.75, 3.05) is 6.61 Å². The summed E-state index contributed by atoms with van der Waals surface area (Å²) in [5.41, 5.74) is 0.373. The van der Waals surface area contributed by atoms with E-state index in [0.29, 0.717) is 5.57 Å². The number of hydrogen-bond acceptors (Lipinski definition) is 5. The number of allylic oxidation sites excluding steroid dienone is 1. The maximum Gasteiger partial charge on any atom is 0.352 e. The first-order valence-corrected chi connectivity index (χ1v) is 5.02. The second-order valence-electron chi connectivity index (χ2n) is 3.22. The van der Waals surface area contributed by atoms with Crippen molar-refractivity contribution in [3.63, 3.8) is 0 Å². The second-order valence-corrected chi connectivity index (χ2v) is 3.22. The molecule has 0 radical (unpaired) electrons. The Kier molecular flexibility index (Phi) is 6.83. The van der Waals surface area contributed by atoms with Crippen LogP contribution < -0.4 is 0 Å². The molecule has 0 N–H and O–H groups in total. The zero-order valence-corrected chi connectivity index (χ0v) is 9.74. The van der Waals surface area contributed by atoms with Crippen molar-refractivity contribution in [3.8, 4) is 0 Å². The van der Waals surface area contributed by atoms with Crippen LogP contribution >= 0.6 is 0 Å². The highest BCUT2D eigenvalue weighted by Gasteiger charge is 2.12. The smallest absolute Gasteiger partial charge is 0.352 e. The fraction of sp³-hybridized carbons (Fsp3) is 0.545. The molecular formula is C11H16O5. The highest BCUT2D eigenvalue weighted by molar-refractivity contribution is 5.96. The lowest BCUT2D eigenvalue weighted by atomic mass is 10.2. The van der Waals surface area contributed by atoms with Gasteiger partial charge in [-0.15, -0.1) is 0 Å². The average Bonchev–Trinajstić information content (AvgIpc) is 2.22. The zero-order valence-electron chi connectivity index (χ0n) is 9.74. The molecule has 0 rings (SSSR count). The van der Waals surface area contributed by atoms with E-state index >= 15 is 0 Å². The minimum Gasteiger partial charge on any atom is -0.454 e. The molecule has 0 unspecified atom stereocenters. The molecule has 0 fully saturated rings. The molecule has 0 bridgehead atoms. The summed E-state index contributed by atoms with van der Waals surface area (Å²) in [7, 11) is 0. The second kappa shape index (κ2) is 7.62. The van der Waals surface area contributed by atoms with Crippen LogP contribution in [0.1, 0.15) is 33.6 Å². The van der Waals surface area contributed by atoms with Crippen LogP contribution in [-0.4, -0.2) is 24.5 Å². The van der Waals surface area contributed by atoms with Crippen LogP contribution in [0.2, 0.25) is 0 Å². The molecule has 0 aliphatic heterocycles. The fourth-order valence-corrected chi connectivity index (χ4v) is 0.818. The van der Waals surface area contributed by atoms with Gasteiger partial charge >= 0.3 is 17.9 Å². The minimum absolute atomic E-state index is 0.373. The van der Waals surface area contributed by atoms with Crippen LogP contribution in [0, 0.1) is 0 Å². The molecule has 0 spiro atoms.